The van der Waals surface area contributed by atoms with Gasteiger partial charge in [0.15, 0.2) is 0 Å². The van der Waals surface area contributed by atoms with E-state index in [1.54, 1.807) is 0 Å². The van der Waals surface area contributed by atoms with E-state index in [-0.39, 0.29) is 5.41 Å². The van der Waals surface area contributed by atoms with Crippen LogP contribution in [0, 0.1) is 5.92 Å². The zero-order valence-corrected chi connectivity index (χ0v) is 11.6. The molecular formula is C14H24N4. The van der Waals surface area contributed by atoms with Gasteiger partial charge >= 0.3 is 0 Å². The lowest BCUT2D eigenvalue weighted by molar-refractivity contribution is 0.303. The molecular weight excluding hydrogens is 224 g/mol. The summed E-state index contributed by atoms with van der Waals surface area (Å²) in [5.74, 6) is 3.08. The summed E-state index contributed by atoms with van der Waals surface area (Å²) in [4.78, 5) is 0. The van der Waals surface area contributed by atoms with E-state index < -0.39 is 0 Å². The second kappa shape index (κ2) is 4.65. The molecule has 4 nitrogen and oxygen atoms in total. The van der Waals surface area contributed by atoms with Gasteiger partial charge in [-0.15, -0.1) is 10.2 Å². The molecule has 100 valence electrons. The van der Waals surface area contributed by atoms with Gasteiger partial charge in [-0.05, 0) is 31.7 Å². The van der Waals surface area contributed by atoms with Crippen molar-refractivity contribution in [3.8, 4) is 0 Å². The Morgan fingerprint density at radius 3 is 2.83 bits per heavy atom. The van der Waals surface area contributed by atoms with Gasteiger partial charge in [-0.25, -0.2) is 0 Å². The Morgan fingerprint density at radius 1 is 1.22 bits per heavy atom. The van der Waals surface area contributed by atoms with Crippen LogP contribution in [0.1, 0.15) is 51.2 Å². The first-order chi connectivity index (χ1) is 8.74. The predicted molar refractivity (Wildman–Crippen MR) is 71.6 cm³/mol. The quantitative estimate of drug-likeness (QED) is 0.869. The van der Waals surface area contributed by atoms with Gasteiger partial charge < -0.3 is 9.88 Å². The normalized spacial score (nSPS) is 28.4. The summed E-state index contributed by atoms with van der Waals surface area (Å²) < 4.78 is 2.43. The fourth-order valence-corrected chi connectivity index (χ4v) is 3.51. The lowest BCUT2D eigenvalue weighted by Crippen LogP contribution is -2.38. The maximum atomic E-state index is 4.59. The van der Waals surface area contributed by atoms with E-state index in [0.29, 0.717) is 5.92 Å². The molecule has 1 atom stereocenters. The van der Waals surface area contributed by atoms with Crippen molar-refractivity contribution in [2.75, 3.05) is 13.1 Å². The van der Waals surface area contributed by atoms with Gasteiger partial charge in [-0.1, -0.05) is 20.3 Å². The first kappa shape index (κ1) is 12.2. The fraction of sp³-hybridized carbons (Fsp3) is 0.857. The second-order valence-corrected chi connectivity index (χ2v) is 6.14. The third-order valence-corrected chi connectivity index (χ3v) is 4.85. The standard InChI is InChI=1S/C14H24N4/c1-11(2)14(7-8-15-10-14)13-17-16-12-6-4-3-5-9-18(12)13/h11,15H,3-10H2,1-2H3. The molecule has 1 unspecified atom stereocenters. The van der Waals surface area contributed by atoms with E-state index in [4.69, 9.17) is 0 Å². The van der Waals surface area contributed by atoms with Gasteiger partial charge in [0, 0.05) is 24.9 Å². The molecule has 2 aliphatic rings. The average Bonchev–Trinajstić information content (AvgIpc) is 2.92. The van der Waals surface area contributed by atoms with Crippen LogP contribution in [-0.2, 0) is 18.4 Å². The largest absolute Gasteiger partial charge is 0.316 e. The summed E-state index contributed by atoms with van der Waals surface area (Å²) in [6, 6.07) is 0. The number of aryl methyl sites for hydroxylation is 1. The number of nitrogens with zero attached hydrogens (tertiary/aromatic N) is 3. The third kappa shape index (κ3) is 1.78. The molecule has 1 aromatic rings. The predicted octanol–water partition coefficient (Wildman–Crippen LogP) is 1.89. The van der Waals surface area contributed by atoms with Crippen molar-refractivity contribution in [1.29, 1.82) is 0 Å². The van der Waals surface area contributed by atoms with Gasteiger partial charge in [-0.2, -0.15) is 0 Å². The number of fused-ring (bicyclic) bond motifs is 1. The fourth-order valence-electron chi connectivity index (χ4n) is 3.51. The SMILES string of the molecule is CC(C)C1(c2nnc3n2CCCCC3)CCNC1. The van der Waals surface area contributed by atoms with Crippen molar-refractivity contribution < 1.29 is 0 Å². The number of hydrogen-bond donors (Lipinski definition) is 1. The van der Waals surface area contributed by atoms with E-state index in [1.807, 2.05) is 0 Å². The molecule has 3 heterocycles. The van der Waals surface area contributed by atoms with Gasteiger partial charge in [0.25, 0.3) is 0 Å². The maximum Gasteiger partial charge on any atom is 0.140 e. The van der Waals surface area contributed by atoms with E-state index >= 15 is 0 Å². The number of nitrogens with one attached hydrogen (secondary N) is 1. The summed E-state index contributed by atoms with van der Waals surface area (Å²) >= 11 is 0. The molecule has 3 rings (SSSR count). The van der Waals surface area contributed by atoms with Gasteiger partial charge in [0.05, 0.1) is 0 Å². The molecule has 0 amide bonds. The van der Waals surface area contributed by atoms with Crippen LogP contribution >= 0.6 is 0 Å². The van der Waals surface area contributed by atoms with Gasteiger partial charge in [0.1, 0.15) is 11.6 Å². The number of rotatable bonds is 2. The van der Waals surface area contributed by atoms with Crippen molar-refractivity contribution in [2.45, 2.75) is 57.9 Å². The maximum absolute atomic E-state index is 4.59. The molecule has 2 aliphatic heterocycles. The molecule has 0 saturated carbocycles. The molecule has 0 spiro atoms. The highest BCUT2D eigenvalue weighted by Gasteiger charge is 2.43. The third-order valence-electron chi connectivity index (χ3n) is 4.85. The van der Waals surface area contributed by atoms with Crippen LogP contribution in [-0.4, -0.2) is 27.9 Å². The lowest BCUT2D eigenvalue weighted by atomic mass is 9.75. The molecule has 0 radical (unpaired) electrons. The smallest absolute Gasteiger partial charge is 0.140 e. The molecule has 0 aliphatic carbocycles. The first-order valence-corrected chi connectivity index (χ1v) is 7.37. The molecule has 1 fully saturated rings. The Kier molecular flexibility index (Phi) is 3.14. The van der Waals surface area contributed by atoms with Crippen LogP contribution in [0.15, 0.2) is 0 Å². The summed E-state index contributed by atoms with van der Waals surface area (Å²) in [6.45, 7) is 7.94. The molecule has 0 aromatic carbocycles. The number of hydrogen-bond acceptors (Lipinski definition) is 3. The Bertz CT molecular complexity index is 415. The van der Waals surface area contributed by atoms with Crippen molar-refractivity contribution in [3.05, 3.63) is 11.6 Å². The lowest BCUT2D eigenvalue weighted by Gasteiger charge is -2.32. The highest BCUT2D eigenvalue weighted by atomic mass is 15.3. The van der Waals surface area contributed by atoms with Crippen LogP contribution in [0.3, 0.4) is 0 Å². The monoisotopic (exact) mass is 248 g/mol. The van der Waals surface area contributed by atoms with Crippen molar-refractivity contribution in [3.63, 3.8) is 0 Å². The topological polar surface area (TPSA) is 42.7 Å². The molecule has 1 saturated heterocycles. The van der Waals surface area contributed by atoms with Crippen LogP contribution < -0.4 is 5.32 Å². The minimum atomic E-state index is 0.204. The van der Waals surface area contributed by atoms with Gasteiger partial charge in [0.2, 0.25) is 0 Å². The molecule has 18 heavy (non-hydrogen) atoms. The summed E-state index contributed by atoms with van der Waals surface area (Å²) in [6.07, 6.45) is 6.18. The zero-order chi connectivity index (χ0) is 12.6. The van der Waals surface area contributed by atoms with E-state index in [0.717, 1.165) is 26.1 Å². The van der Waals surface area contributed by atoms with E-state index in [1.165, 1.54) is 37.3 Å². The first-order valence-electron chi connectivity index (χ1n) is 7.37. The van der Waals surface area contributed by atoms with E-state index in [2.05, 4.69) is 33.9 Å². The zero-order valence-electron chi connectivity index (χ0n) is 11.6. The summed E-state index contributed by atoms with van der Waals surface area (Å²) in [5.41, 5.74) is 0.204. The van der Waals surface area contributed by atoms with Crippen LogP contribution in [0.2, 0.25) is 0 Å². The Morgan fingerprint density at radius 2 is 2.11 bits per heavy atom. The highest BCUT2D eigenvalue weighted by Crippen LogP contribution is 2.37. The van der Waals surface area contributed by atoms with Gasteiger partial charge in [-0.3, -0.25) is 0 Å². The summed E-state index contributed by atoms with van der Waals surface area (Å²) in [7, 11) is 0. The molecule has 1 N–H and O–H groups in total. The Hall–Kier alpha value is -0.900. The van der Waals surface area contributed by atoms with Crippen LogP contribution in [0.25, 0.3) is 0 Å². The molecule has 1 aromatic heterocycles. The number of aromatic nitrogens is 3. The van der Waals surface area contributed by atoms with Crippen LogP contribution in [0.5, 0.6) is 0 Å². The Balaban J connectivity index is 2.02. The highest BCUT2D eigenvalue weighted by molar-refractivity contribution is 5.17. The summed E-state index contributed by atoms with van der Waals surface area (Å²) in [5, 5.41) is 12.6. The minimum Gasteiger partial charge on any atom is -0.316 e. The minimum absolute atomic E-state index is 0.204. The molecule has 4 heteroatoms. The van der Waals surface area contributed by atoms with Crippen molar-refractivity contribution in [1.82, 2.24) is 20.1 Å². The second-order valence-electron chi connectivity index (χ2n) is 6.14. The van der Waals surface area contributed by atoms with Crippen molar-refractivity contribution in [2.24, 2.45) is 5.92 Å². The van der Waals surface area contributed by atoms with E-state index in [9.17, 15) is 0 Å². The molecule has 0 bridgehead atoms. The van der Waals surface area contributed by atoms with Crippen molar-refractivity contribution >= 4 is 0 Å². The van der Waals surface area contributed by atoms with Crippen LogP contribution in [0.4, 0.5) is 0 Å². The average molecular weight is 248 g/mol. The Labute approximate surface area is 109 Å².